The summed E-state index contributed by atoms with van der Waals surface area (Å²) < 4.78 is 0. The molecule has 4 aromatic rings. The van der Waals surface area contributed by atoms with E-state index in [0.29, 0.717) is 22.3 Å². The molecule has 0 bridgehead atoms. The summed E-state index contributed by atoms with van der Waals surface area (Å²) in [5.74, 6) is -0.502. The molecule has 7 heteroatoms. The van der Waals surface area contributed by atoms with Crippen molar-refractivity contribution in [1.82, 2.24) is 15.3 Å². The molecule has 0 spiro atoms. The number of fused-ring (bicyclic) bond motifs is 1. The van der Waals surface area contributed by atoms with Crippen LogP contribution >= 0.6 is 0 Å². The van der Waals surface area contributed by atoms with Crippen LogP contribution < -0.4 is 16.3 Å². The summed E-state index contributed by atoms with van der Waals surface area (Å²) in [5.41, 5.74) is 2.89. The van der Waals surface area contributed by atoms with Crippen LogP contribution in [0.1, 0.15) is 28.4 Å². The Labute approximate surface area is 172 Å². The van der Waals surface area contributed by atoms with Gasteiger partial charge >= 0.3 is 5.69 Å². The number of imidazole rings is 1. The summed E-state index contributed by atoms with van der Waals surface area (Å²) in [4.78, 5) is 42.1. The summed E-state index contributed by atoms with van der Waals surface area (Å²) >= 11 is 0. The molecule has 1 atom stereocenters. The molecular formula is C23H20N4O3. The molecule has 3 aromatic carbocycles. The molecule has 1 heterocycles. The molecule has 0 aliphatic carbocycles. The van der Waals surface area contributed by atoms with E-state index in [0.717, 1.165) is 5.56 Å². The second-order valence-corrected chi connectivity index (χ2v) is 6.89. The van der Waals surface area contributed by atoms with E-state index in [1.807, 2.05) is 36.4 Å². The highest BCUT2D eigenvalue weighted by Gasteiger charge is 2.19. The maximum atomic E-state index is 12.7. The lowest BCUT2D eigenvalue weighted by molar-refractivity contribution is -0.116. The minimum Gasteiger partial charge on any atom is -0.345 e. The van der Waals surface area contributed by atoms with E-state index in [4.69, 9.17) is 0 Å². The molecule has 150 valence electrons. The molecule has 4 N–H and O–H groups in total. The van der Waals surface area contributed by atoms with Gasteiger partial charge < -0.3 is 20.6 Å². The van der Waals surface area contributed by atoms with Crippen molar-refractivity contribution in [2.45, 2.75) is 12.5 Å². The van der Waals surface area contributed by atoms with Crippen molar-refractivity contribution < 1.29 is 9.59 Å². The third-order valence-corrected chi connectivity index (χ3v) is 4.73. The molecular weight excluding hydrogens is 380 g/mol. The summed E-state index contributed by atoms with van der Waals surface area (Å²) in [5, 5.41) is 5.78. The van der Waals surface area contributed by atoms with Gasteiger partial charge in [-0.25, -0.2) is 4.79 Å². The Morgan fingerprint density at radius 2 is 1.50 bits per heavy atom. The van der Waals surface area contributed by atoms with Gasteiger partial charge in [0.2, 0.25) is 5.91 Å². The second kappa shape index (κ2) is 8.48. The van der Waals surface area contributed by atoms with Gasteiger partial charge in [-0.05, 0) is 35.9 Å². The van der Waals surface area contributed by atoms with Gasteiger partial charge in [-0.1, -0.05) is 48.5 Å². The normalized spacial score (nSPS) is 11.7. The van der Waals surface area contributed by atoms with Crippen LogP contribution in [0.2, 0.25) is 0 Å². The number of hydrogen-bond donors (Lipinski definition) is 4. The Morgan fingerprint density at radius 1 is 0.833 bits per heavy atom. The zero-order chi connectivity index (χ0) is 20.9. The van der Waals surface area contributed by atoms with Gasteiger partial charge in [-0.15, -0.1) is 0 Å². The number of carbonyl (C=O) groups excluding carboxylic acids is 2. The maximum Gasteiger partial charge on any atom is 0.323 e. The Hall–Kier alpha value is -4.13. The van der Waals surface area contributed by atoms with Crippen LogP contribution in [0.3, 0.4) is 0 Å². The number of aromatic nitrogens is 2. The van der Waals surface area contributed by atoms with Crippen LogP contribution in [0.4, 0.5) is 5.69 Å². The highest BCUT2D eigenvalue weighted by Crippen LogP contribution is 2.20. The average molecular weight is 400 g/mol. The highest BCUT2D eigenvalue weighted by molar-refractivity contribution is 5.96. The fraction of sp³-hybridized carbons (Fsp3) is 0.0870. The van der Waals surface area contributed by atoms with Crippen molar-refractivity contribution >= 4 is 28.5 Å². The van der Waals surface area contributed by atoms with Crippen LogP contribution in [0.25, 0.3) is 11.0 Å². The van der Waals surface area contributed by atoms with Crippen molar-refractivity contribution in [3.63, 3.8) is 0 Å². The smallest absolute Gasteiger partial charge is 0.323 e. The Kier molecular flexibility index (Phi) is 5.43. The van der Waals surface area contributed by atoms with E-state index in [2.05, 4.69) is 20.6 Å². The first-order valence-electron chi connectivity index (χ1n) is 9.51. The van der Waals surface area contributed by atoms with Gasteiger partial charge in [-0.2, -0.15) is 0 Å². The minimum atomic E-state index is -0.491. The lowest BCUT2D eigenvalue weighted by atomic mass is 10.0. The third-order valence-electron chi connectivity index (χ3n) is 4.73. The quantitative estimate of drug-likeness (QED) is 0.399. The monoisotopic (exact) mass is 400 g/mol. The molecule has 2 amide bonds. The molecule has 30 heavy (non-hydrogen) atoms. The number of benzene rings is 3. The number of amides is 2. The molecule has 1 aromatic heterocycles. The number of H-pyrrole nitrogens is 2. The van der Waals surface area contributed by atoms with E-state index in [1.54, 1.807) is 42.5 Å². The van der Waals surface area contributed by atoms with Gasteiger partial charge in [0.15, 0.2) is 0 Å². The van der Waals surface area contributed by atoms with E-state index in [1.165, 1.54) is 0 Å². The number of nitrogens with one attached hydrogen (secondary N) is 4. The molecule has 7 nitrogen and oxygen atoms in total. The molecule has 0 saturated carbocycles. The van der Waals surface area contributed by atoms with Crippen molar-refractivity contribution in [2.75, 3.05) is 5.32 Å². The van der Waals surface area contributed by atoms with Crippen molar-refractivity contribution in [1.29, 1.82) is 0 Å². The van der Waals surface area contributed by atoms with Crippen LogP contribution in [0.5, 0.6) is 0 Å². The van der Waals surface area contributed by atoms with E-state index in [9.17, 15) is 14.4 Å². The lowest BCUT2D eigenvalue weighted by Gasteiger charge is -2.19. The number of carbonyl (C=O) groups is 2. The first-order chi connectivity index (χ1) is 14.6. The van der Waals surface area contributed by atoms with Crippen molar-refractivity contribution in [2.24, 2.45) is 0 Å². The Balaban J connectivity index is 1.50. The van der Waals surface area contributed by atoms with Gasteiger partial charge in [0.25, 0.3) is 5.91 Å². The summed E-state index contributed by atoms with van der Waals surface area (Å²) in [6.07, 6.45) is 0.0598. The predicted molar refractivity (Wildman–Crippen MR) is 115 cm³/mol. The Bertz CT molecular complexity index is 1230. The van der Waals surface area contributed by atoms with E-state index < -0.39 is 6.04 Å². The number of hydrogen-bond acceptors (Lipinski definition) is 3. The fourth-order valence-electron chi connectivity index (χ4n) is 3.28. The standard InChI is InChI=1S/C23H20N4O3/c28-21(24-17-11-12-18-20(13-17)27-23(30)26-18)14-19(15-7-3-1-4-8-15)25-22(29)16-9-5-2-6-10-16/h1-13,19H,14H2,(H,24,28)(H,25,29)(H2,26,27,30). The number of aromatic amines is 2. The zero-order valence-corrected chi connectivity index (χ0v) is 16.0. The molecule has 0 radical (unpaired) electrons. The van der Waals surface area contributed by atoms with Gasteiger partial charge in [-0.3, -0.25) is 9.59 Å². The number of anilines is 1. The SMILES string of the molecule is O=C(CC(NC(=O)c1ccccc1)c1ccccc1)Nc1ccc2[nH]c(=O)[nH]c2c1. The average Bonchev–Trinajstić information content (AvgIpc) is 3.13. The molecule has 0 aliphatic heterocycles. The Morgan fingerprint density at radius 3 is 2.23 bits per heavy atom. The minimum absolute atomic E-state index is 0.0598. The predicted octanol–water partition coefficient (Wildman–Crippen LogP) is 3.36. The summed E-state index contributed by atoms with van der Waals surface area (Å²) in [6, 6.07) is 22.9. The van der Waals surface area contributed by atoms with Crippen LogP contribution in [-0.4, -0.2) is 21.8 Å². The topological polar surface area (TPSA) is 107 Å². The third kappa shape index (κ3) is 4.47. The van der Waals surface area contributed by atoms with E-state index in [-0.39, 0.29) is 23.9 Å². The zero-order valence-electron chi connectivity index (χ0n) is 16.0. The van der Waals surface area contributed by atoms with Crippen LogP contribution in [-0.2, 0) is 4.79 Å². The van der Waals surface area contributed by atoms with Crippen LogP contribution in [0, 0.1) is 0 Å². The molecule has 1 unspecified atom stereocenters. The number of rotatable bonds is 6. The molecule has 0 aliphatic rings. The lowest BCUT2D eigenvalue weighted by Crippen LogP contribution is -2.31. The summed E-state index contributed by atoms with van der Waals surface area (Å²) in [7, 11) is 0. The molecule has 0 saturated heterocycles. The largest absolute Gasteiger partial charge is 0.345 e. The maximum absolute atomic E-state index is 12.7. The molecule has 4 rings (SSSR count). The fourth-order valence-corrected chi connectivity index (χ4v) is 3.28. The highest BCUT2D eigenvalue weighted by atomic mass is 16.2. The first-order valence-corrected chi connectivity index (χ1v) is 9.51. The van der Waals surface area contributed by atoms with Gasteiger partial charge in [0.1, 0.15) is 0 Å². The van der Waals surface area contributed by atoms with Crippen LogP contribution in [0.15, 0.2) is 83.7 Å². The van der Waals surface area contributed by atoms with Gasteiger partial charge in [0, 0.05) is 11.3 Å². The van der Waals surface area contributed by atoms with Crippen molar-refractivity contribution in [3.8, 4) is 0 Å². The summed E-state index contributed by atoms with van der Waals surface area (Å²) in [6.45, 7) is 0. The van der Waals surface area contributed by atoms with E-state index >= 15 is 0 Å². The van der Waals surface area contributed by atoms with Gasteiger partial charge in [0.05, 0.1) is 23.5 Å². The second-order valence-electron chi connectivity index (χ2n) is 6.89. The first kappa shape index (κ1) is 19.2. The molecule has 0 fully saturated rings. The van der Waals surface area contributed by atoms with Crippen molar-refractivity contribution in [3.05, 3.63) is 100 Å².